The number of carboxylic acids is 1. The average molecular weight is 333 g/mol. The normalized spacial score (nSPS) is 20.4. The molecule has 0 heterocycles. The van der Waals surface area contributed by atoms with Crippen molar-refractivity contribution in [1.29, 1.82) is 0 Å². The first-order chi connectivity index (χ1) is 11.6. The van der Waals surface area contributed by atoms with Crippen molar-refractivity contribution in [3.63, 3.8) is 0 Å². The minimum atomic E-state index is -0.858. The summed E-state index contributed by atoms with van der Waals surface area (Å²) >= 11 is 0. The molecule has 5 nitrogen and oxygen atoms in total. The molecule has 5 heteroatoms. The Kier molecular flexibility index (Phi) is 7.09. The highest BCUT2D eigenvalue weighted by Gasteiger charge is 2.35. The van der Waals surface area contributed by atoms with Crippen LogP contribution < -0.4 is 10.1 Å². The van der Waals surface area contributed by atoms with Crippen molar-refractivity contribution in [2.24, 2.45) is 11.8 Å². The number of carboxylic acid groups (broad SMARTS) is 1. The molecule has 0 unspecified atom stereocenters. The zero-order valence-electron chi connectivity index (χ0n) is 14.3. The van der Waals surface area contributed by atoms with Crippen molar-refractivity contribution in [1.82, 2.24) is 5.32 Å². The maximum atomic E-state index is 12.3. The van der Waals surface area contributed by atoms with Crippen LogP contribution in [0.25, 0.3) is 0 Å². The third-order valence-electron chi connectivity index (χ3n) is 4.58. The molecule has 0 saturated heterocycles. The van der Waals surface area contributed by atoms with Gasteiger partial charge < -0.3 is 15.2 Å². The molecular formula is C19H27NO4. The van der Waals surface area contributed by atoms with Gasteiger partial charge in [0.05, 0.1) is 18.4 Å². The van der Waals surface area contributed by atoms with E-state index in [0.29, 0.717) is 26.0 Å². The second-order valence-corrected chi connectivity index (χ2v) is 6.40. The molecule has 0 spiro atoms. The quantitative estimate of drug-likeness (QED) is 0.715. The molecule has 2 rings (SSSR count). The maximum absolute atomic E-state index is 12.3. The van der Waals surface area contributed by atoms with E-state index in [-0.39, 0.29) is 5.91 Å². The zero-order chi connectivity index (χ0) is 17.4. The Morgan fingerprint density at radius 2 is 1.83 bits per heavy atom. The average Bonchev–Trinajstić information content (AvgIpc) is 2.61. The van der Waals surface area contributed by atoms with Gasteiger partial charge in [0.15, 0.2) is 0 Å². The number of nitrogens with one attached hydrogen (secondary N) is 1. The second-order valence-electron chi connectivity index (χ2n) is 6.40. The number of carbonyl (C=O) groups is 2. The highest BCUT2D eigenvalue weighted by Crippen LogP contribution is 2.30. The number of aliphatic carboxylic acids is 1. The van der Waals surface area contributed by atoms with E-state index >= 15 is 0 Å². The number of ether oxygens (including phenoxy) is 1. The lowest BCUT2D eigenvalue weighted by Crippen LogP contribution is -2.39. The minimum absolute atomic E-state index is 0.148. The smallest absolute Gasteiger partial charge is 0.307 e. The minimum Gasteiger partial charge on any atom is -0.494 e. The molecule has 1 aromatic rings. The molecule has 1 fully saturated rings. The SMILES string of the molecule is CCCCOc1ccc(CNC(=O)[C@H]2CCCC[C@H]2C(=O)O)cc1. The Morgan fingerprint density at radius 3 is 2.46 bits per heavy atom. The van der Waals surface area contributed by atoms with E-state index in [1.807, 2.05) is 24.3 Å². The summed E-state index contributed by atoms with van der Waals surface area (Å²) in [4.78, 5) is 23.6. The van der Waals surface area contributed by atoms with Crippen molar-refractivity contribution >= 4 is 11.9 Å². The van der Waals surface area contributed by atoms with Gasteiger partial charge in [-0.15, -0.1) is 0 Å². The lowest BCUT2D eigenvalue weighted by atomic mass is 9.78. The lowest BCUT2D eigenvalue weighted by molar-refractivity contribution is -0.148. The Hall–Kier alpha value is -2.04. The largest absolute Gasteiger partial charge is 0.494 e. The topological polar surface area (TPSA) is 75.6 Å². The number of rotatable bonds is 8. The van der Waals surface area contributed by atoms with E-state index in [1.165, 1.54) is 0 Å². The van der Waals surface area contributed by atoms with Gasteiger partial charge in [-0.2, -0.15) is 0 Å². The van der Waals surface area contributed by atoms with Gasteiger partial charge in [0.25, 0.3) is 0 Å². The second kappa shape index (κ2) is 9.30. The summed E-state index contributed by atoms with van der Waals surface area (Å²) in [7, 11) is 0. The van der Waals surface area contributed by atoms with Crippen LogP contribution in [0.1, 0.15) is 51.0 Å². The van der Waals surface area contributed by atoms with Crippen LogP contribution in [0.2, 0.25) is 0 Å². The number of unbranched alkanes of at least 4 members (excludes halogenated alkanes) is 1. The summed E-state index contributed by atoms with van der Waals surface area (Å²) in [5.74, 6) is -1.13. The van der Waals surface area contributed by atoms with Crippen molar-refractivity contribution < 1.29 is 19.4 Å². The highest BCUT2D eigenvalue weighted by atomic mass is 16.5. The molecule has 0 bridgehead atoms. The van der Waals surface area contributed by atoms with E-state index in [1.54, 1.807) is 0 Å². The van der Waals surface area contributed by atoms with E-state index in [0.717, 1.165) is 37.0 Å². The summed E-state index contributed by atoms with van der Waals surface area (Å²) in [6.07, 6.45) is 5.20. The van der Waals surface area contributed by atoms with E-state index < -0.39 is 17.8 Å². The first-order valence-electron chi connectivity index (χ1n) is 8.84. The summed E-state index contributed by atoms with van der Waals surface area (Å²) in [5.41, 5.74) is 0.980. The monoisotopic (exact) mass is 333 g/mol. The van der Waals surface area contributed by atoms with Crippen LogP contribution in [-0.2, 0) is 16.1 Å². The van der Waals surface area contributed by atoms with Crippen molar-refractivity contribution in [3.05, 3.63) is 29.8 Å². The van der Waals surface area contributed by atoms with Crippen LogP contribution in [0.5, 0.6) is 5.75 Å². The summed E-state index contributed by atoms with van der Waals surface area (Å²) in [5, 5.41) is 12.2. The Labute approximate surface area is 143 Å². The summed E-state index contributed by atoms with van der Waals surface area (Å²) in [6.45, 7) is 3.25. The van der Waals surface area contributed by atoms with Crippen LogP contribution in [0.15, 0.2) is 24.3 Å². The molecular weight excluding hydrogens is 306 g/mol. The first kappa shape index (κ1) is 18.3. The van der Waals surface area contributed by atoms with Crippen LogP contribution >= 0.6 is 0 Å². The number of hydrogen-bond acceptors (Lipinski definition) is 3. The van der Waals surface area contributed by atoms with Crippen LogP contribution in [0.3, 0.4) is 0 Å². The van der Waals surface area contributed by atoms with Crippen molar-refractivity contribution in [2.75, 3.05) is 6.61 Å². The van der Waals surface area contributed by atoms with E-state index in [4.69, 9.17) is 4.74 Å². The molecule has 0 radical (unpaired) electrons. The molecule has 1 aliphatic carbocycles. The van der Waals surface area contributed by atoms with Crippen LogP contribution in [0.4, 0.5) is 0 Å². The molecule has 0 aromatic heterocycles. The zero-order valence-corrected chi connectivity index (χ0v) is 14.3. The molecule has 24 heavy (non-hydrogen) atoms. The fraction of sp³-hybridized carbons (Fsp3) is 0.579. The lowest BCUT2D eigenvalue weighted by Gasteiger charge is -2.27. The standard InChI is InChI=1S/C19H27NO4/c1-2-3-12-24-15-10-8-14(9-11-15)13-20-18(21)16-6-4-5-7-17(16)19(22)23/h8-11,16-17H,2-7,12-13H2,1H3,(H,20,21)(H,22,23)/t16-,17+/m0/s1. The maximum Gasteiger partial charge on any atom is 0.307 e. The van der Waals surface area contributed by atoms with Crippen LogP contribution in [-0.4, -0.2) is 23.6 Å². The number of carbonyl (C=O) groups excluding carboxylic acids is 1. The van der Waals surface area contributed by atoms with Gasteiger partial charge in [-0.3, -0.25) is 9.59 Å². The first-order valence-corrected chi connectivity index (χ1v) is 8.84. The van der Waals surface area contributed by atoms with Gasteiger partial charge in [0, 0.05) is 6.54 Å². The Balaban J connectivity index is 1.83. The van der Waals surface area contributed by atoms with Crippen molar-refractivity contribution in [2.45, 2.75) is 52.0 Å². The van der Waals surface area contributed by atoms with Gasteiger partial charge >= 0.3 is 5.97 Å². The number of benzene rings is 1. The van der Waals surface area contributed by atoms with Gasteiger partial charge in [0.2, 0.25) is 5.91 Å². The van der Waals surface area contributed by atoms with E-state index in [2.05, 4.69) is 12.2 Å². The number of hydrogen-bond donors (Lipinski definition) is 2. The molecule has 2 atom stereocenters. The fourth-order valence-corrected chi connectivity index (χ4v) is 3.10. The third-order valence-corrected chi connectivity index (χ3v) is 4.58. The van der Waals surface area contributed by atoms with Gasteiger partial charge in [0.1, 0.15) is 5.75 Å². The predicted octanol–water partition coefficient (Wildman–Crippen LogP) is 3.37. The Bertz CT molecular complexity index is 541. The van der Waals surface area contributed by atoms with Crippen molar-refractivity contribution in [3.8, 4) is 5.75 Å². The molecule has 2 N–H and O–H groups in total. The van der Waals surface area contributed by atoms with Crippen LogP contribution in [0, 0.1) is 11.8 Å². The molecule has 1 saturated carbocycles. The molecule has 132 valence electrons. The van der Waals surface area contributed by atoms with E-state index in [9.17, 15) is 14.7 Å². The molecule has 1 aliphatic rings. The molecule has 0 aliphatic heterocycles. The van der Waals surface area contributed by atoms with Gasteiger partial charge in [-0.05, 0) is 37.0 Å². The predicted molar refractivity (Wildman–Crippen MR) is 91.8 cm³/mol. The summed E-state index contributed by atoms with van der Waals surface area (Å²) < 4.78 is 5.61. The summed E-state index contributed by atoms with van der Waals surface area (Å²) in [6, 6.07) is 7.66. The van der Waals surface area contributed by atoms with Gasteiger partial charge in [-0.25, -0.2) is 0 Å². The molecule has 1 aromatic carbocycles. The fourth-order valence-electron chi connectivity index (χ4n) is 3.10. The third kappa shape index (κ3) is 5.25. The Morgan fingerprint density at radius 1 is 1.17 bits per heavy atom. The highest BCUT2D eigenvalue weighted by molar-refractivity contribution is 5.84. The molecule has 1 amide bonds. The van der Waals surface area contributed by atoms with Gasteiger partial charge in [-0.1, -0.05) is 38.3 Å². The number of amides is 1.